The number of fused-ring (bicyclic) bond motifs is 1. The maximum absolute atomic E-state index is 11.7. The third kappa shape index (κ3) is 4.62. The fourth-order valence-corrected chi connectivity index (χ4v) is 3.05. The van der Waals surface area contributed by atoms with Crippen LogP contribution >= 0.6 is 11.6 Å². The van der Waals surface area contributed by atoms with E-state index in [2.05, 4.69) is 26.6 Å². The van der Waals surface area contributed by atoms with E-state index in [0.717, 1.165) is 50.2 Å². The summed E-state index contributed by atoms with van der Waals surface area (Å²) in [6.07, 6.45) is 7.19. The highest BCUT2D eigenvalue weighted by Crippen LogP contribution is 2.19. The highest BCUT2D eigenvalue weighted by molar-refractivity contribution is 6.30. The molecule has 0 spiro atoms. The standard InChI is InChI=1S/C18H22ClN5O2/c1-26-9-3-5-15-10-13(6-8-20-15)4-2-7-21-16-11-14(19)12-24-17(16)22-23-18(24)25/h6,8,10-12,21H,2-5,7,9H2,1H3,(H,23,25). The second-order valence-electron chi connectivity index (χ2n) is 6.08. The summed E-state index contributed by atoms with van der Waals surface area (Å²) >= 11 is 6.07. The number of anilines is 1. The van der Waals surface area contributed by atoms with Gasteiger partial charge in [0.2, 0.25) is 0 Å². The molecule has 0 amide bonds. The van der Waals surface area contributed by atoms with Gasteiger partial charge < -0.3 is 10.1 Å². The van der Waals surface area contributed by atoms with E-state index >= 15 is 0 Å². The summed E-state index contributed by atoms with van der Waals surface area (Å²) < 4.78 is 6.48. The van der Waals surface area contributed by atoms with E-state index in [1.54, 1.807) is 19.4 Å². The third-order valence-corrected chi connectivity index (χ3v) is 4.31. The van der Waals surface area contributed by atoms with Gasteiger partial charge >= 0.3 is 5.69 Å². The van der Waals surface area contributed by atoms with Crippen LogP contribution in [0.2, 0.25) is 5.02 Å². The lowest BCUT2D eigenvalue weighted by atomic mass is 10.1. The van der Waals surface area contributed by atoms with E-state index in [-0.39, 0.29) is 5.69 Å². The molecule has 3 aromatic rings. The van der Waals surface area contributed by atoms with E-state index in [9.17, 15) is 4.79 Å². The molecule has 0 saturated heterocycles. The molecule has 3 rings (SSSR count). The molecule has 0 unspecified atom stereocenters. The van der Waals surface area contributed by atoms with E-state index in [1.807, 2.05) is 12.3 Å². The van der Waals surface area contributed by atoms with Crippen LogP contribution < -0.4 is 11.0 Å². The molecule has 3 heterocycles. The number of pyridine rings is 2. The van der Waals surface area contributed by atoms with Crippen LogP contribution in [0.1, 0.15) is 24.1 Å². The third-order valence-electron chi connectivity index (χ3n) is 4.10. The Morgan fingerprint density at radius 2 is 2.19 bits per heavy atom. The number of methoxy groups -OCH3 is 1. The van der Waals surface area contributed by atoms with Gasteiger partial charge in [-0.25, -0.2) is 14.3 Å². The van der Waals surface area contributed by atoms with Gasteiger partial charge in [-0.15, -0.1) is 0 Å². The minimum absolute atomic E-state index is 0.302. The first kappa shape index (κ1) is 18.4. The number of halogens is 1. The average molecular weight is 376 g/mol. The molecule has 2 N–H and O–H groups in total. The summed E-state index contributed by atoms with van der Waals surface area (Å²) in [4.78, 5) is 16.1. The van der Waals surface area contributed by atoms with Crippen molar-refractivity contribution in [1.82, 2.24) is 19.6 Å². The van der Waals surface area contributed by atoms with Gasteiger partial charge in [0.25, 0.3) is 0 Å². The number of ether oxygens (including phenoxy) is 1. The van der Waals surface area contributed by atoms with Crippen molar-refractivity contribution in [2.24, 2.45) is 0 Å². The monoisotopic (exact) mass is 375 g/mol. The van der Waals surface area contributed by atoms with Gasteiger partial charge in [-0.2, -0.15) is 5.10 Å². The number of nitrogens with zero attached hydrogens (tertiary/aromatic N) is 3. The number of H-pyrrole nitrogens is 1. The smallest absolute Gasteiger partial charge is 0.347 e. The van der Waals surface area contributed by atoms with Gasteiger partial charge in [0, 0.05) is 38.3 Å². The van der Waals surface area contributed by atoms with Crippen LogP contribution in [-0.4, -0.2) is 39.8 Å². The zero-order valence-electron chi connectivity index (χ0n) is 14.7. The second kappa shape index (κ2) is 8.82. The Bertz CT molecular complexity index is 921. The summed E-state index contributed by atoms with van der Waals surface area (Å²) in [5.41, 5.74) is 3.35. The first-order chi connectivity index (χ1) is 12.7. The van der Waals surface area contributed by atoms with Gasteiger partial charge in [0.15, 0.2) is 5.65 Å². The van der Waals surface area contributed by atoms with Crippen LogP contribution in [0.5, 0.6) is 0 Å². The Labute approximate surface area is 156 Å². The fourth-order valence-electron chi connectivity index (χ4n) is 2.84. The zero-order chi connectivity index (χ0) is 18.4. The number of aryl methyl sites for hydroxylation is 2. The van der Waals surface area contributed by atoms with Crippen molar-refractivity contribution in [2.75, 3.05) is 25.6 Å². The molecular formula is C18H22ClN5O2. The lowest BCUT2D eigenvalue weighted by Gasteiger charge is -2.08. The quantitative estimate of drug-likeness (QED) is 0.562. The van der Waals surface area contributed by atoms with Crippen LogP contribution in [0, 0.1) is 0 Å². The van der Waals surface area contributed by atoms with Crippen molar-refractivity contribution in [2.45, 2.75) is 25.7 Å². The Kier molecular flexibility index (Phi) is 6.25. The van der Waals surface area contributed by atoms with Gasteiger partial charge in [0.05, 0.1) is 10.7 Å². The van der Waals surface area contributed by atoms with E-state index in [4.69, 9.17) is 16.3 Å². The summed E-state index contributed by atoms with van der Waals surface area (Å²) in [6.45, 7) is 1.50. The van der Waals surface area contributed by atoms with Gasteiger partial charge in [-0.1, -0.05) is 11.6 Å². The highest BCUT2D eigenvalue weighted by atomic mass is 35.5. The average Bonchev–Trinajstić information content (AvgIpc) is 3.00. The zero-order valence-corrected chi connectivity index (χ0v) is 15.4. The van der Waals surface area contributed by atoms with Gasteiger partial charge in [0.1, 0.15) is 0 Å². The Hall–Kier alpha value is -2.38. The molecule has 0 aliphatic heterocycles. The molecule has 7 nitrogen and oxygen atoms in total. The molecule has 0 aliphatic rings. The van der Waals surface area contributed by atoms with Crippen molar-refractivity contribution in [3.63, 3.8) is 0 Å². The molecule has 0 aliphatic carbocycles. The SMILES string of the molecule is COCCCc1cc(CCCNc2cc(Cl)cn3c(=O)[nH]nc23)ccn1. The number of hydrogen-bond acceptors (Lipinski definition) is 5. The lowest BCUT2D eigenvalue weighted by molar-refractivity contribution is 0.195. The molecule has 26 heavy (non-hydrogen) atoms. The summed E-state index contributed by atoms with van der Waals surface area (Å²) in [7, 11) is 1.71. The molecule has 0 aromatic carbocycles. The fraction of sp³-hybridized carbons (Fsp3) is 0.389. The summed E-state index contributed by atoms with van der Waals surface area (Å²) in [6, 6.07) is 5.97. The van der Waals surface area contributed by atoms with E-state index in [0.29, 0.717) is 10.7 Å². The number of aromatic amines is 1. The highest BCUT2D eigenvalue weighted by Gasteiger charge is 2.07. The predicted octanol–water partition coefficient (Wildman–Crippen LogP) is 2.69. The first-order valence-corrected chi connectivity index (χ1v) is 8.98. The Balaban J connectivity index is 1.55. The van der Waals surface area contributed by atoms with Gasteiger partial charge in [-0.05, 0) is 49.4 Å². The van der Waals surface area contributed by atoms with Crippen LogP contribution in [0.25, 0.3) is 5.65 Å². The number of hydrogen-bond donors (Lipinski definition) is 2. The Morgan fingerprint density at radius 3 is 3.04 bits per heavy atom. The summed E-state index contributed by atoms with van der Waals surface area (Å²) in [5, 5.41) is 10.3. The van der Waals surface area contributed by atoms with Crippen LogP contribution in [0.4, 0.5) is 5.69 Å². The van der Waals surface area contributed by atoms with E-state index in [1.165, 1.54) is 9.96 Å². The largest absolute Gasteiger partial charge is 0.385 e. The topological polar surface area (TPSA) is 84.3 Å². The van der Waals surface area contributed by atoms with Crippen molar-refractivity contribution < 1.29 is 4.74 Å². The van der Waals surface area contributed by atoms with Crippen molar-refractivity contribution in [1.29, 1.82) is 0 Å². The molecule has 0 fully saturated rings. The molecule has 0 radical (unpaired) electrons. The van der Waals surface area contributed by atoms with Crippen LogP contribution in [0.15, 0.2) is 35.4 Å². The molecule has 3 aromatic heterocycles. The van der Waals surface area contributed by atoms with Crippen molar-refractivity contribution >= 4 is 22.9 Å². The Morgan fingerprint density at radius 1 is 1.31 bits per heavy atom. The maximum Gasteiger partial charge on any atom is 0.347 e. The van der Waals surface area contributed by atoms with Gasteiger partial charge in [-0.3, -0.25) is 4.98 Å². The minimum atomic E-state index is -0.302. The maximum atomic E-state index is 11.7. The number of rotatable bonds is 9. The van der Waals surface area contributed by atoms with E-state index < -0.39 is 0 Å². The second-order valence-corrected chi connectivity index (χ2v) is 6.51. The summed E-state index contributed by atoms with van der Waals surface area (Å²) in [5.74, 6) is 0. The predicted molar refractivity (Wildman–Crippen MR) is 102 cm³/mol. The number of nitrogens with one attached hydrogen (secondary N) is 2. The van der Waals surface area contributed by atoms with Crippen LogP contribution in [0.3, 0.4) is 0 Å². The van der Waals surface area contributed by atoms with Crippen molar-refractivity contribution in [3.8, 4) is 0 Å². The van der Waals surface area contributed by atoms with Crippen LogP contribution in [-0.2, 0) is 17.6 Å². The molecule has 0 atom stereocenters. The normalized spacial score (nSPS) is 11.2. The molecule has 8 heteroatoms. The van der Waals surface area contributed by atoms with Crippen molar-refractivity contribution in [3.05, 3.63) is 57.4 Å². The molecule has 0 bridgehead atoms. The molecule has 0 saturated carbocycles. The molecule has 138 valence electrons. The first-order valence-electron chi connectivity index (χ1n) is 8.60. The molecular weight excluding hydrogens is 354 g/mol. The minimum Gasteiger partial charge on any atom is -0.385 e. The lowest BCUT2D eigenvalue weighted by Crippen LogP contribution is -2.10. The number of aromatic nitrogens is 4.